The van der Waals surface area contributed by atoms with Gasteiger partial charge in [0.2, 0.25) is 0 Å². The molecule has 27 heavy (non-hydrogen) atoms. The number of methoxy groups -OCH3 is 1. The van der Waals surface area contributed by atoms with Gasteiger partial charge in [0, 0.05) is 36.4 Å². The first kappa shape index (κ1) is 18.3. The Morgan fingerprint density at radius 2 is 1.81 bits per heavy atom. The van der Waals surface area contributed by atoms with E-state index >= 15 is 0 Å². The number of hydrogen-bond donors (Lipinski definition) is 2. The molecule has 2 atom stereocenters. The molecule has 0 spiro atoms. The number of nitrogens with zero attached hydrogens (tertiary/aromatic N) is 1. The van der Waals surface area contributed by atoms with Crippen molar-refractivity contribution in [3.63, 3.8) is 0 Å². The largest absolute Gasteiger partial charge is 0.497 e. The van der Waals surface area contributed by atoms with Gasteiger partial charge in [-0.3, -0.25) is 4.90 Å². The SMILES string of the molecule is COc1cccc(NC(=S)NC2C[C@@H]3CC[C@@H](C2)N3Cc2ccccc2)c1. The van der Waals surface area contributed by atoms with E-state index in [-0.39, 0.29) is 0 Å². The molecular weight excluding hydrogens is 354 g/mol. The van der Waals surface area contributed by atoms with E-state index in [0.29, 0.717) is 23.2 Å². The van der Waals surface area contributed by atoms with E-state index in [1.807, 2.05) is 24.3 Å². The minimum atomic E-state index is 0.445. The number of benzene rings is 2. The van der Waals surface area contributed by atoms with Gasteiger partial charge < -0.3 is 15.4 Å². The van der Waals surface area contributed by atoms with Gasteiger partial charge in [0.1, 0.15) is 5.75 Å². The third-order valence-electron chi connectivity index (χ3n) is 5.76. The Labute approximate surface area is 166 Å². The molecule has 2 aliphatic rings. The van der Waals surface area contributed by atoms with E-state index in [2.05, 4.69) is 45.9 Å². The van der Waals surface area contributed by atoms with Gasteiger partial charge in [-0.2, -0.15) is 0 Å². The monoisotopic (exact) mass is 381 g/mol. The Morgan fingerprint density at radius 1 is 1.07 bits per heavy atom. The zero-order chi connectivity index (χ0) is 18.6. The van der Waals surface area contributed by atoms with Gasteiger partial charge in [-0.25, -0.2) is 0 Å². The first-order valence-electron chi connectivity index (χ1n) is 9.72. The van der Waals surface area contributed by atoms with Crippen molar-refractivity contribution >= 4 is 23.0 Å². The summed E-state index contributed by atoms with van der Waals surface area (Å²) in [5, 5.41) is 7.53. The molecule has 4 nitrogen and oxygen atoms in total. The molecule has 0 aromatic heterocycles. The van der Waals surface area contributed by atoms with Crippen molar-refractivity contribution in [2.45, 2.75) is 50.4 Å². The maximum absolute atomic E-state index is 5.55. The number of thiocarbonyl (C=S) groups is 1. The third-order valence-corrected chi connectivity index (χ3v) is 5.98. The van der Waals surface area contributed by atoms with Crippen molar-refractivity contribution in [2.24, 2.45) is 0 Å². The lowest BCUT2D eigenvalue weighted by molar-refractivity contribution is 0.115. The number of ether oxygens (including phenoxy) is 1. The predicted octanol–water partition coefficient (Wildman–Crippen LogP) is 4.18. The summed E-state index contributed by atoms with van der Waals surface area (Å²) in [5.41, 5.74) is 2.37. The number of fused-ring (bicyclic) bond motifs is 2. The van der Waals surface area contributed by atoms with Crippen LogP contribution in [0.2, 0.25) is 0 Å². The number of anilines is 1. The number of nitrogens with one attached hydrogen (secondary N) is 2. The van der Waals surface area contributed by atoms with E-state index in [1.54, 1.807) is 7.11 Å². The maximum Gasteiger partial charge on any atom is 0.170 e. The Bertz CT molecular complexity index is 768. The lowest BCUT2D eigenvalue weighted by Gasteiger charge is -2.39. The van der Waals surface area contributed by atoms with Gasteiger partial charge in [0.25, 0.3) is 0 Å². The Kier molecular flexibility index (Phi) is 5.60. The summed E-state index contributed by atoms with van der Waals surface area (Å²) in [7, 11) is 1.68. The van der Waals surface area contributed by atoms with E-state index in [1.165, 1.54) is 18.4 Å². The summed E-state index contributed by atoms with van der Waals surface area (Å²) >= 11 is 5.55. The number of hydrogen-bond acceptors (Lipinski definition) is 3. The minimum Gasteiger partial charge on any atom is -0.497 e. The van der Waals surface area contributed by atoms with Crippen LogP contribution in [0, 0.1) is 0 Å². The molecule has 5 heteroatoms. The molecule has 142 valence electrons. The van der Waals surface area contributed by atoms with Crippen LogP contribution in [0.3, 0.4) is 0 Å². The summed E-state index contributed by atoms with van der Waals surface area (Å²) in [6.07, 6.45) is 4.91. The zero-order valence-electron chi connectivity index (χ0n) is 15.7. The van der Waals surface area contributed by atoms with Crippen molar-refractivity contribution in [1.82, 2.24) is 10.2 Å². The van der Waals surface area contributed by atoms with Crippen molar-refractivity contribution in [2.75, 3.05) is 12.4 Å². The molecule has 0 aliphatic carbocycles. The highest BCUT2D eigenvalue weighted by molar-refractivity contribution is 7.80. The molecule has 4 rings (SSSR count). The van der Waals surface area contributed by atoms with Gasteiger partial charge >= 0.3 is 0 Å². The lowest BCUT2D eigenvalue weighted by atomic mass is 9.96. The van der Waals surface area contributed by atoms with Crippen LogP contribution in [0.15, 0.2) is 54.6 Å². The Hall–Kier alpha value is -2.11. The number of rotatable bonds is 5. The fraction of sp³-hybridized carbons (Fsp3) is 0.409. The topological polar surface area (TPSA) is 36.5 Å². The second-order valence-corrected chi connectivity index (χ2v) is 7.95. The van der Waals surface area contributed by atoms with Crippen LogP contribution < -0.4 is 15.4 Å². The quantitative estimate of drug-likeness (QED) is 0.760. The normalized spacial score (nSPS) is 24.4. The highest BCUT2D eigenvalue weighted by Gasteiger charge is 2.40. The van der Waals surface area contributed by atoms with Gasteiger partial charge in [0.15, 0.2) is 5.11 Å². The molecular formula is C22H27N3OS. The number of piperidine rings is 1. The summed E-state index contributed by atoms with van der Waals surface area (Å²) in [4.78, 5) is 2.70. The average molecular weight is 382 g/mol. The highest BCUT2D eigenvalue weighted by atomic mass is 32.1. The molecule has 2 aromatic rings. The predicted molar refractivity (Wildman–Crippen MR) is 114 cm³/mol. The summed E-state index contributed by atoms with van der Waals surface area (Å²) in [5.74, 6) is 0.829. The lowest BCUT2D eigenvalue weighted by Crippen LogP contribution is -2.50. The standard InChI is InChI=1S/C22H27N3OS/c1-26-21-9-5-8-17(14-21)23-22(27)24-18-12-19-10-11-20(13-18)25(19)15-16-6-3-2-4-7-16/h2-9,14,18-20H,10-13,15H2,1H3,(H2,23,24,27)/t19-,20-/m0/s1. The second kappa shape index (κ2) is 8.28. The molecule has 2 aliphatic heterocycles. The van der Waals surface area contributed by atoms with E-state index < -0.39 is 0 Å². The molecule has 2 heterocycles. The summed E-state index contributed by atoms with van der Waals surface area (Å²) in [6.45, 7) is 1.06. The van der Waals surface area contributed by atoms with Crippen molar-refractivity contribution in [3.8, 4) is 5.75 Å². The van der Waals surface area contributed by atoms with Crippen LogP contribution in [0.1, 0.15) is 31.2 Å². The Morgan fingerprint density at radius 3 is 2.52 bits per heavy atom. The van der Waals surface area contributed by atoms with E-state index in [9.17, 15) is 0 Å². The highest BCUT2D eigenvalue weighted by Crippen LogP contribution is 2.36. The van der Waals surface area contributed by atoms with Gasteiger partial charge in [-0.15, -0.1) is 0 Å². The van der Waals surface area contributed by atoms with Crippen LogP contribution in [0.4, 0.5) is 5.69 Å². The van der Waals surface area contributed by atoms with Crippen LogP contribution in [0.25, 0.3) is 0 Å². The van der Waals surface area contributed by atoms with Gasteiger partial charge in [-0.1, -0.05) is 36.4 Å². The molecule has 0 unspecified atom stereocenters. The summed E-state index contributed by atoms with van der Waals surface area (Å²) in [6, 6.07) is 20.4. The van der Waals surface area contributed by atoms with Crippen LogP contribution >= 0.6 is 12.2 Å². The Balaban J connectivity index is 1.32. The third kappa shape index (κ3) is 4.42. The molecule has 2 saturated heterocycles. The molecule has 0 saturated carbocycles. The molecule has 2 fully saturated rings. The van der Waals surface area contributed by atoms with Crippen molar-refractivity contribution in [3.05, 3.63) is 60.2 Å². The zero-order valence-corrected chi connectivity index (χ0v) is 16.5. The molecule has 2 bridgehead atoms. The average Bonchev–Trinajstić information content (AvgIpc) is 2.91. The molecule has 0 amide bonds. The van der Waals surface area contributed by atoms with Gasteiger partial charge in [0.05, 0.1) is 7.11 Å². The van der Waals surface area contributed by atoms with E-state index in [4.69, 9.17) is 17.0 Å². The van der Waals surface area contributed by atoms with Gasteiger partial charge in [-0.05, 0) is 55.6 Å². The first-order valence-corrected chi connectivity index (χ1v) is 10.1. The minimum absolute atomic E-state index is 0.445. The maximum atomic E-state index is 5.55. The molecule has 0 radical (unpaired) electrons. The van der Waals surface area contributed by atoms with Crippen LogP contribution in [-0.4, -0.2) is 35.2 Å². The summed E-state index contributed by atoms with van der Waals surface area (Å²) < 4.78 is 5.27. The fourth-order valence-corrected chi connectivity index (χ4v) is 4.78. The second-order valence-electron chi connectivity index (χ2n) is 7.54. The van der Waals surface area contributed by atoms with Crippen LogP contribution in [0.5, 0.6) is 5.75 Å². The first-order chi connectivity index (χ1) is 13.2. The van der Waals surface area contributed by atoms with Crippen molar-refractivity contribution in [1.29, 1.82) is 0 Å². The smallest absolute Gasteiger partial charge is 0.170 e. The van der Waals surface area contributed by atoms with E-state index in [0.717, 1.165) is 30.8 Å². The molecule has 2 N–H and O–H groups in total. The molecule has 2 aromatic carbocycles. The fourth-order valence-electron chi connectivity index (χ4n) is 4.50. The van der Waals surface area contributed by atoms with Crippen molar-refractivity contribution < 1.29 is 4.74 Å². The van der Waals surface area contributed by atoms with Crippen LogP contribution in [-0.2, 0) is 6.54 Å².